The number of carbonyl (C=O) groups is 2. The number of carboxylic acid groups (broad SMARTS) is 1. The van der Waals surface area contributed by atoms with Crippen LogP contribution >= 0.6 is 0 Å². The highest BCUT2D eigenvalue weighted by Crippen LogP contribution is 2.21. The fourth-order valence-electron chi connectivity index (χ4n) is 4.02. The molecule has 0 radical (unpaired) electrons. The molecule has 0 fully saturated rings. The zero-order valence-electron chi connectivity index (χ0n) is 20.5. The third-order valence-corrected chi connectivity index (χ3v) is 6.06. The Kier molecular flexibility index (Phi) is 7.10. The van der Waals surface area contributed by atoms with Crippen LogP contribution in [0.25, 0.3) is 10.9 Å². The zero-order chi connectivity index (χ0) is 26.7. The summed E-state index contributed by atoms with van der Waals surface area (Å²) >= 11 is 0. The third kappa shape index (κ3) is 5.08. The largest absolute Gasteiger partial charge is 0.497 e. The molecule has 0 atom stereocenters. The number of benzene rings is 3. The molecule has 0 aliphatic carbocycles. The summed E-state index contributed by atoms with van der Waals surface area (Å²) in [5, 5.41) is 12.3. The number of aromatic nitrogens is 2. The van der Waals surface area contributed by atoms with E-state index in [0.29, 0.717) is 16.8 Å². The van der Waals surface area contributed by atoms with E-state index in [0.717, 1.165) is 10.1 Å². The van der Waals surface area contributed by atoms with E-state index < -0.39 is 17.2 Å². The molecule has 3 aromatic carbocycles. The van der Waals surface area contributed by atoms with Crippen molar-refractivity contribution in [1.29, 1.82) is 0 Å². The Hall–Kier alpha value is -4.86. The molecule has 1 heterocycles. The zero-order valence-corrected chi connectivity index (χ0v) is 20.5. The van der Waals surface area contributed by atoms with E-state index >= 15 is 0 Å². The van der Waals surface area contributed by atoms with Crippen LogP contribution in [0.4, 0.5) is 0 Å². The minimum absolute atomic E-state index is 0.0321. The van der Waals surface area contributed by atoms with Crippen LogP contribution in [0.3, 0.4) is 0 Å². The minimum Gasteiger partial charge on any atom is -0.497 e. The second-order valence-corrected chi connectivity index (χ2v) is 8.34. The average molecular weight is 504 g/mol. The number of aromatic carboxylic acids is 1. The van der Waals surface area contributed by atoms with Gasteiger partial charge in [-0.1, -0.05) is 18.2 Å². The highest BCUT2D eigenvalue weighted by molar-refractivity contribution is 5.97. The number of nitrogens with one attached hydrogen (secondary N) is 1. The van der Waals surface area contributed by atoms with Gasteiger partial charge in [-0.3, -0.25) is 18.7 Å². The van der Waals surface area contributed by atoms with Gasteiger partial charge in [0, 0.05) is 19.2 Å². The lowest BCUT2D eigenvalue weighted by Gasteiger charge is -2.13. The number of ether oxygens (including phenoxy) is 2. The van der Waals surface area contributed by atoms with Crippen LogP contribution in [-0.2, 0) is 20.1 Å². The van der Waals surface area contributed by atoms with Gasteiger partial charge in [-0.25, -0.2) is 9.59 Å². The molecular formula is C27H25N3O7. The van der Waals surface area contributed by atoms with Gasteiger partial charge < -0.3 is 19.9 Å². The van der Waals surface area contributed by atoms with E-state index in [1.807, 2.05) is 12.1 Å². The SMILES string of the molecule is COc1ccc(CNC(=O)c2ccc3c(c2)c(=O)n(Cc2ccc(C(=O)O)c(OC)c2)c(=O)n3C)cc1. The first-order chi connectivity index (χ1) is 17.7. The lowest BCUT2D eigenvalue weighted by molar-refractivity contribution is 0.0693. The van der Waals surface area contributed by atoms with Crippen molar-refractivity contribution in [3.8, 4) is 11.5 Å². The van der Waals surface area contributed by atoms with Crippen LogP contribution in [0.5, 0.6) is 11.5 Å². The van der Waals surface area contributed by atoms with Gasteiger partial charge in [0.25, 0.3) is 11.5 Å². The maximum atomic E-state index is 13.3. The Morgan fingerprint density at radius 2 is 1.62 bits per heavy atom. The summed E-state index contributed by atoms with van der Waals surface area (Å²) in [4.78, 5) is 50.5. The summed E-state index contributed by atoms with van der Waals surface area (Å²) in [5.74, 6) is -0.694. The average Bonchev–Trinajstić information content (AvgIpc) is 2.92. The number of aryl methyl sites for hydroxylation is 1. The van der Waals surface area contributed by atoms with Crippen LogP contribution in [0.1, 0.15) is 31.8 Å². The van der Waals surface area contributed by atoms with Crippen molar-refractivity contribution < 1.29 is 24.2 Å². The first-order valence-corrected chi connectivity index (χ1v) is 11.3. The Balaban J connectivity index is 1.65. The van der Waals surface area contributed by atoms with Crippen LogP contribution < -0.4 is 26.0 Å². The van der Waals surface area contributed by atoms with Gasteiger partial charge in [0.05, 0.1) is 31.7 Å². The van der Waals surface area contributed by atoms with Crippen LogP contribution in [-0.4, -0.2) is 40.3 Å². The summed E-state index contributed by atoms with van der Waals surface area (Å²) in [6, 6.07) is 16.2. The van der Waals surface area contributed by atoms with E-state index in [9.17, 15) is 24.3 Å². The van der Waals surface area contributed by atoms with Crippen molar-refractivity contribution in [2.45, 2.75) is 13.1 Å². The summed E-state index contributed by atoms with van der Waals surface area (Å²) in [5.41, 5.74) is 0.903. The molecule has 0 aliphatic rings. The van der Waals surface area contributed by atoms with Gasteiger partial charge in [-0.05, 0) is 53.6 Å². The quantitative estimate of drug-likeness (QED) is 0.378. The van der Waals surface area contributed by atoms with Gasteiger partial charge in [0.15, 0.2) is 0 Å². The van der Waals surface area contributed by atoms with Crippen molar-refractivity contribution in [3.05, 3.63) is 104 Å². The van der Waals surface area contributed by atoms with E-state index in [1.54, 1.807) is 31.4 Å². The molecule has 2 N–H and O–H groups in total. The van der Waals surface area contributed by atoms with Crippen LogP contribution in [0.2, 0.25) is 0 Å². The molecule has 37 heavy (non-hydrogen) atoms. The van der Waals surface area contributed by atoms with Gasteiger partial charge >= 0.3 is 11.7 Å². The smallest absolute Gasteiger partial charge is 0.339 e. The molecule has 190 valence electrons. The lowest BCUT2D eigenvalue weighted by Crippen LogP contribution is -2.39. The number of carboxylic acids is 1. The van der Waals surface area contributed by atoms with Crippen molar-refractivity contribution in [3.63, 3.8) is 0 Å². The number of nitrogens with zero attached hydrogens (tertiary/aromatic N) is 2. The number of amides is 1. The van der Waals surface area contributed by atoms with Crippen LogP contribution in [0.15, 0.2) is 70.3 Å². The van der Waals surface area contributed by atoms with Crippen molar-refractivity contribution >= 4 is 22.8 Å². The normalized spacial score (nSPS) is 10.8. The molecule has 0 saturated carbocycles. The number of hydrogen-bond donors (Lipinski definition) is 2. The third-order valence-electron chi connectivity index (χ3n) is 6.06. The topological polar surface area (TPSA) is 129 Å². The molecular weight excluding hydrogens is 478 g/mol. The van der Waals surface area contributed by atoms with Gasteiger partial charge in [0.1, 0.15) is 17.1 Å². The molecule has 4 aromatic rings. The Bertz CT molecular complexity index is 1620. The number of carbonyl (C=O) groups excluding carboxylic acids is 1. The Morgan fingerprint density at radius 3 is 2.27 bits per heavy atom. The lowest BCUT2D eigenvalue weighted by atomic mass is 10.1. The summed E-state index contributed by atoms with van der Waals surface area (Å²) in [6.07, 6.45) is 0. The molecule has 10 nitrogen and oxygen atoms in total. The molecule has 0 aliphatic heterocycles. The van der Waals surface area contributed by atoms with E-state index in [1.165, 1.54) is 43.0 Å². The Morgan fingerprint density at radius 1 is 0.919 bits per heavy atom. The highest BCUT2D eigenvalue weighted by Gasteiger charge is 2.16. The molecule has 0 unspecified atom stereocenters. The van der Waals surface area contributed by atoms with Crippen molar-refractivity contribution in [1.82, 2.24) is 14.5 Å². The molecule has 0 bridgehead atoms. The van der Waals surface area contributed by atoms with Gasteiger partial charge in [-0.2, -0.15) is 0 Å². The molecule has 1 amide bonds. The van der Waals surface area contributed by atoms with Crippen LogP contribution in [0, 0.1) is 0 Å². The second kappa shape index (κ2) is 10.4. The van der Waals surface area contributed by atoms with Gasteiger partial charge in [-0.15, -0.1) is 0 Å². The maximum absolute atomic E-state index is 13.3. The second-order valence-electron chi connectivity index (χ2n) is 8.34. The van der Waals surface area contributed by atoms with Crippen molar-refractivity contribution in [2.75, 3.05) is 14.2 Å². The van der Waals surface area contributed by atoms with Gasteiger partial charge in [0.2, 0.25) is 0 Å². The number of fused-ring (bicyclic) bond motifs is 1. The molecule has 1 aromatic heterocycles. The first kappa shape index (κ1) is 25.2. The number of rotatable bonds is 8. The van der Waals surface area contributed by atoms with E-state index in [-0.39, 0.29) is 41.3 Å². The molecule has 10 heteroatoms. The Labute approximate surface area is 211 Å². The summed E-state index contributed by atoms with van der Waals surface area (Å²) in [6.45, 7) is 0.179. The monoisotopic (exact) mass is 503 g/mol. The predicted molar refractivity (Wildman–Crippen MR) is 137 cm³/mol. The number of methoxy groups -OCH3 is 2. The molecule has 0 spiro atoms. The predicted octanol–water partition coefficient (Wildman–Crippen LogP) is 2.39. The maximum Gasteiger partial charge on any atom is 0.339 e. The first-order valence-electron chi connectivity index (χ1n) is 11.3. The summed E-state index contributed by atoms with van der Waals surface area (Å²) < 4.78 is 12.7. The fraction of sp³-hybridized carbons (Fsp3) is 0.185. The highest BCUT2D eigenvalue weighted by atomic mass is 16.5. The summed E-state index contributed by atoms with van der Waals surface area (Å²) in [7, 11) is 4.46. The molecule has 0 saturated heterocycles. The van der Waals surface area contributed by atoms with E-state index in [2.05, 4.69) is 5.32 Å². The molecule has 4 rings (SSSR count). The van der Waals surface area contributed by atoms with E-state index in [4.69, 9.17) is 9.47 Å². The van der Waals surface area contributed by atoms with Crippen molar-refractivity contribution in [2.24, 2.45) is 7.05 Å². The fourth-order valence-corrected chi connectivity index (χ4v) is 4.02. The standard InChI is InChI=1S/C27H25N3O7/c1-29-22-11-7-18(24(31)28-14-16-4-8-19(36-2)9-5-16)13-21(22)25(32)30(27(29)35)15-17-6-10-20(26(33)34)23(12-17)37-3/h4-13H,14-15H2,1-3H3,(H,28,31)(H,33,34). The number of hydrogen-bond acceptors (Lipinski definition) is 6. The minimum atomic E-state index is -1.15.